The van der Waals surface area contributed by atoms with Crippen molar-refractivity contribution in [3.05, 3.63) is 0 Å². The second-order valence-electron chi connectivity index (χ2n) is 24.4. The van der Waals surface area contributed by atoms with Crippen LogP contribution in [0.3, 0.4) is 0 Å². The summed E-state index contributed by atoms with van der Waals surface area (Å²) in [7, 11) is 0. The number of aliphatic carboxylic acids is 2. The zero-order chi connectivity index (χ0) is 48.3. The molecule has 14 nitrogen and oxygen atoms in total. The van der Waals surface area contributed by atoms with E-state index in [9.17, 15) is 60.0 Å². The summed E-state index contributed by atoms with van der Waals surface area (Å²) in [5.74, 6) is -0.158. The van der Waals surface area contributed by atoms with Crippen molar-refractivity contribution in [3.8, 4) is 0 Å². The molecule has 0 spiro atoms. The zero-order valence-corrected chi connectivity index (χ0v) is 47.4. The van der Waals surface area contributed by atoms with Crippen LogP contribution in [0.15, 0.2) is 0 Å². The quantitative estimate of drug-likeness (QED) is 0.0886. The fourth-order valence-corrected chi connectivity index (χ4v) is 17.9. The minimum atomic E-state index is -1.29. The molecule has 8 rings (SSSR count). The maximum Gasteiger partial charge on any atom is 2.00 e. The van der Waals surface area contributed by atoms with Crippen LogP contribution in [0, 0.1) is 92.7 Å². The van der Waals surface area contributed by atoms with Crippen LogP contribution in [0.5, 0.6) is 0 Å². The maximum atomic E-state index is 12.0. The number of aliphatic hydroxyl groups is 6. The second-order valence-corrected chi connectivity index (χ2v) is 24.4. The van der Waals surface area contributed by atoms with Crippen LogP contribution in [-0.2, 0) is 40.2 Å². The van der Waals surface area contributed by atoms with Crippen molar-refractivity contribution in [2.45, 2.75) is 194 Å². The molecule has 392 valence electrons. The van der Waals surface area contributed by atoms with Crippen LogP contribution in [0.1, 0.15) is 157 Å². The van der Waals surface area contributed by atoms with Crippen molar-refractivity contribution in [3.63, 3.8) is 0 Å². The third kappa shape index (κ3) is 11.7. The Balaban J connectivity index is 0.000000288. The predicted octanol–water partition coefficient (Wildman–Crippen LogP) is -3.53. The Morgan fingerprint density at radius 2 is 0.899 bits per heavy atom. The Kier molecular flexibility index (Phi) is 21.4. The van der Waals surface area contributed by atoms with Crippen LogP contribution >= 0.6 is 0 Å². The predicted molar refractivity (Wildman–Crippen MR) is 241 cm³/mol. The minimum Gasteiger partial charge on any atom is -1.00 e. The minimum absolute atomic E-state index is 0. The molecule has 0 aromatic rings. The summed E-state index contributed by atoms with van der Waals surface area (Å²) in [5.41, 5.74) is -0.459. The number of hydrogen-bond donors (Lipinski definition) is 8. The Bertz CT molecular complexity index is 1660. The van der Waals surface area contributed by atoms with Gasteiger partial charge in [-0.2, -0.15) is 0 Å². The van der Waals surface area contributed by atoms with Gasteiger partial charge in [0.15, 0.2) is 0 Å². The second kappa shape index (κ2) is 24.1. The van der Waals surface area contributed by atoms with Gasteiger partial charge in [-0.1, -0.05) is 41.5 Å². The van der Waals surface area contributed by atoms with Gasteiger partial charge in [0.05, 0.1) is 61.7 Å². The van der Waals surface area contributed by atoms with Crippen molar-refractivity contribution in [1.82, 2.24) is 10.6 Å². The largest absolute Gasteiger partial charge is 2.00 e. The fraction of sp³-hybridized carbons (Fsp3) is 0.923. The van der Waals surface area contributed by atoms with E-state index in [0.29, 0.717) is 37.5 Å². The molecule has 8 N–H and O–H groups in total. The monoisotopic (exact) mass is 1180 g/mol. The number of carbonyl (C=O) groups excluding carboxylic acids is 4. The number of hydrogen-bond acceptors (Lipinski definition) is 12. The molecule has 0 aliphatic heterocycles. The van der Waals surface area contributed by atoms with Crippen molar-refractivity contribution in [2.24, 2.45) is 92.7 Å². The third-order valence-electron chi connectivity index (χ3n) is 21.6. The Morgan fingerprint density at radius 1 is 0.551 bits per heavy atom. The van der Waals surface area contributed by atoms with Crippen molar-refractivity contribution < 1.29 is 123 Å². The first-order valence-electron chi connectivity index (χ1n) is 26.0. The number of amides is 2. The molecule has 8 aliphatic rings. The van der Waals surface area contributed by atoms with Gasteiger partial charge in [0.1, 0.15) is 0 Å². The van der Waals surface area contributed by atoms with Crippen LogP contribution in [0.4, 0.5) is 0 Å². The van der Waals surface area contributed by atoms with E-state index in [1.54, 1.807) is 0 Å². The molecule has 69 heavy (non-hydrogen) atoms. The average Bonchev–Trinajstić information content (AvgIpc) is 3.81. The van der Waals surface area contributed by atoms with Crippen LogP contribution in [-0.4, -0.2) is 104 Å². The number of carbonyl (C=O) groups is 4. The molecular formula is C52H84ClN2NaO12Pt. The summed E-state index contributed by atoms with van der Waals surface area (Å²) >= 11 is 0. The Hall–Kier alpha value is -0.382. The molecule has 0 radical (unpaired) electrons. The van der Waals surface area contributed by atoms with Gasteiger partial charge in [0.2, 0.25) is 11.8 Å². The zero-order valence-electron chi connectivity index (χ0n) is 42.4. The van der Waals surface area contributed by atoms with Crippen molar-refractivity contribution >= 4 is 23.8 Å². The van der Waals surface area contributed by atoms with Gasteiger partial charge in [0.25, 0.3) is 0 Å². The molecule has 2 amide bonds. The van der Waals surface area contributed by atoms with E-state index in [2.05, 4.69) is 52.2 Å². The van der Waals surface area contributed by atoms with Gasteiger partial charge in [-0.15, -0.1) is 0 Å². The molecule has 8 saturated carbocycles. The summed E-state index contributed by atoms with van der Waals surface area (Å²) in [5, 5.41) is 92.2. The number of carboxylic acid groups (broad SMARTS) is 2. The molecule has 8 aliphatic carbocycles. The molecular weight excluding hydrogens is 1100 g/mol. The molecule has 0 bridgehead atoms. The first-order valence-corrected chi connectivity index (χ1v) is 26.0. The van der Waals surface area contributed by atoms with E-state index in [0.717, 1.165) is 77.0 Å². The van der Waals surface area contributed by atoms with Gasteiger partial charge < -0.3 is 73.5 Å². The Labute approximate surface area is 453 Å². The van der Waals surface area contributed by atoms with Gasteiger partial charge in [-0.3, -0.25) is 9.59 Å². The molecule has 12 unspecified atom stereocenters. The Morgan fingerprint density at radius 3 is 1.23 bits per heavy atom. The summed E-state index contributed by atoms with van der Waals surface area (Å²) in [6.07, 6.45) is 11.5. The van der Waals surface area contributed by atoms with Gasteiger partial charge >= 0.3 is 50.6 Å². The topological polar surface area (TPSA) is 260 Å². The molecule has 17 heteroatoms. The van der Waals surface area contributed by atoms with Crippen LogP contribution in [0.25, 0.3) is 0 Å². The molecule has 0 aromatic heterocycles. The van der Waals surface area contributed by atoms with Gasteiger partial charge in [-0.25, -0.2) is 0 Å². The number of halogens is 1. The SMILES string of the molecule is CC(CCC(=O)NCC(=O)[O-])[C@H]1CCC2C3C(O)CC4C[C@H](O)CC[C@]4(C)C3C[C@H](O)[C@@]21C.CC(CCC(=O)NCC(=O)[O-])[C@H]1CCC2C3C(O)CC4C[C@H](O)CC[C@]4(C)C3C[C@H](O)[C@@]21C.[Cl-].[Na+].[Pt+2]. The standard InChI is InChI=1S/2C26H43NO6.ClH.Na.Pt/c2*1-14(4-7-22(31)27-13-23(32)33)17-5-6-18-24-19(12-21(30)26(17,18)3)25(2)9-8-16(28)10-15(25)11-20(24)29;;;/h2*14-21,24,28-30H,4-13H2,1-3H3,(H,27,31)(H,32,33);1H;;/q;;;+1;+2/p-3/t2*14?,15?,16-,17-,18?,19?,20?,21+,24?,25+,26-;;;/m11.../s1. The van der Waals surface area contributed by atoms with Crippen molar-refractivity contribution in [2.75, 3.05) is 13.1 Å². The fourth-order valence-electron chi connectivity index (χ4n) is 17.9. The van der Waals surface area contributed by atoms with E-state index in [4.69, 9.17) is 0 Å². The maximum absolute atomic E-state index is 12.0. The summed E-state index contributed by atoms with van der Waals surface area (Å²) in [6, 6.07) is 0. The molecule has 8 fully saturated rings. The van der Waals surface area contributed by atoms with E-state index in [1.165, 1.54) is 0 Å². The molecule has 0 saturated heterocycles. The van der Waals surface area contributed by atoms with E-state index in [-0.39, 0.29) is 193 Å². The smallest absolute Gasteiger partial charge is 1.00 e. The van der Waals surface area contributed by atoms with E-state index >= 15 is 0 Å². The van der Waals surface area contributed by atoms with Crippen molar-refractivity contribution in [1.29, 1.82) is 0 Å². The molecule has 0 heterocycles. The number of fused-ring (bicyclic) bond motifs is 10. The van der Waals surface area contributed by atoms with E-state index in [1.807, 2.05) is 0 Å². The first-order chi connectivity index (χ1) is 31.0. The average molecular weight is 1180 g/mol. The normalized spacial score (nSPS) is 45.6. The van der Waals surface area contributed by atoms with E-state index < -0.39 is 37.2 Å². The molecule has 0 aromatic carbocycles. The molecule has 22 atom stereocenters. The summed E-state index contributed by atoms with van der Waals surface area (Å²) in [6.45, 7) is 12.4. The van der Waals surface area contributed by atoms with Gasteiger partial charge in [0, 0.05) is 12.8 Å². The first kappa shape index (κ1) is 61.2. The van der Waals surface area contributed by atoms with Gasteiger partial charge in [-0.05, 0) is 195 Å². The summed E-state index contributed by atoms with van der Waals surface area (Å²) in [4.78, 5) is 45.2. The summed E-state index contributed by atoms with van der Waals surface area (Å²) < 4.78 is 0. The van der Waals surface area contributed by atoms with Crippen LogP contribution < -0.4 is 62.8 Å². The van der Waals surface area contributed by atoms with Crippen LogP contribution in [0.2, 0.25) is 0 Å². The number of carboxylic acids is 2. The number of nitrogens with one attached hydrogen (secondary N) is 2. The number of aliphatic hydroxyl groups excluding tert-OH is 6. The third-order valence-corrected chi connectivity index (χ3v) is 21.6. The number of rotatable bonds is 12.